The second-order valence-electron chi connectivity index (χ2n) is 12.0. The molecule has 42 heavy (non-hydrogen) atoms. The maximum Gasteiger partial charge on any atom is 0.245 e. The van der Waals surface area contributed by atoms with Gasteiger partial charge >= 0.3 is 0 Å². The largest absolute Gasteiger partial charge is 0.345 e. The minimum atomic E-state index is -0.701. The molecule has 5 atom stereocenters. The van der Waals surface area contributed by atoms with Crippen LogP contribution in [0.25, 0.3) is 5.69 Å². The van der Waals surface area contributed by atoms with Crippen molar-refractivity contribution in [3.63, 3.8) is 0 Å². The van der Waals surface area contributed by atoms with E-state index in [1.807, 2.05) is 71.8 Å². The molecular weight excluding hydrogens is 530 g/mol. The van der Waals surface area contributed by atoms with Crippen molar-refractivity contribution in [2.45, 2.75) is 63.7 Å². The topological polar surface area (TPSA) is 112 Å². The van der Waals surface area contributed by atoms with E-state index in [2.05, 4.69) is 25.8 Å². The van der Waals surface area contributed by atoms with Gasteiger partial charge in [-0.2, -0.15) is 0 Å². The predicted molar refractivity (Wildman–Crippen MR) is 157 cm³/mol. The van der Waals surface area contributed by atoms with Crippen molar-refractivity contribution in [1.82, 2.24) is 35.4 Å². The van der Waals surface area contributed by atoms with Gasteiger partial charge in [0.15, 0.2) is 0 Å². The van der Waals surface area contributed by atoms with Crippen LogP contribution in [0.5, 0.6) is 0 Å². The van der Waals surface area contributed by atoms with Crippen molar-refractivity contribution in [3.05, 3.63) is 78.1 Å². The zero-order chi connectivity index (χ0) is 29.1. The molecule has 3 saturated heterocycles. The number of amides is 3. The van der Waals surface area contributed by atoms with E-state index in [4.69, 9.17) is 0 Å². The zero-order valence-corrected chi connectivity index (χ0v) is 24.1. The molecule has 0 unspecified atom stereocenters. The smallest absolute Gasteiger partial charge is 0.245 e. The number of carbonyl (C=O) groups is 3. The fourth-order valence-corrected chi connectivity index (χ4v) is 6.91. The second-order valence-corrected chi connectivity index (χ2v) is 12.0. The fourth-order valence-electron chi connectivity index (χ4n) is 6.91. The molecular formula is C32H39N7O3. The lowest BCUT2D eigenvalue weighted by Crippen LogP contribution is -2.63. The Balaban J connectivity index is 1.21. The van der Waals surface area contributed by atoms with E-state index in [0.717, 1.165) is 42.9 Å². The Morgan fingerprint density at radius 2 is 1.69 bits per heavy atom. The van der Waals surface area contributed by atoms with Gasteiger partial charge in [-0.15, -0.1) is 5.10 Å². The lowest BCUT2D eigenvalue weighted by atomic mass is 9.77. The SMILES string of the molecule is C[C@H]1NC(=O)CCC[C@H]2[C@@H]3C[C@@H](CN(Cc4cn(-c5ccccc5)nn4)C3)CN2C(=O)[C@H](Cc2ccccc2)NC1=O. The summed E-state index contributed by atoms with van der Waals surface area (Å²) in [7, 11) is 0. The number of aromatic nitrogens is 3. The number of hydrogen-bond donors (Lipinski definition) is 2. The van der Waals surface area contributed by atoms with E-state index in [0.29, 0.717) is 38.3 Å². The third kappa shape index (κ3) is 6.38. The standard InChI is InChI=1S/C32H39N7O3/c1-22-31(41)34-28(16-23-9-4-2-5-10-23)32(42)38-18-24-15-25(29(38)13-8-14-30(40)33-22)19-37(17-24)20-26-21-39(36-35-26)27-11-6-3-7-12-27/h2-7,9-12,21-22,24-25,28-29H,8,13-20H2,1H3,(H,33,40)(H,34,41)/t22-,24+,25-,28+,29+/m1/s1. The number of piperidine rings is 2. The third-order valence-corrected chi connectivity index (χ3v) is 8.85. The monoisotopic (exact) mass is 569 g/mol. The minimum absolute atomic E-state index is 0.0105. The highest BCUT2D eigenvalue weighted by Crippen LogP contribution is 2.36. The number of nitrogens with zero attached hydrogens (tertiary/aromatic N) is 5. The molecule has 2 aromatic carbocycles. The summed E-state index contributed by atoms with van der Waals surface area (Å²) in [5.41, 5.74) is 2.88. The predicted octanol–water partition coefficient (Wildman–Crippen LogP) is 2.33. The molecule has 4 heterocycles. The second kappa shape index (κ2) is 12.4. The molecule has 10 nitrogen and oxygen atoms in total. The van der Waals surface area contributed by atoms with Crippen LogP contribution >= 0.6 is 0 Å². The Morgan fingerprint density at radius 3 is 2.48 bits per heavy atom. The Bertz CT molecular complexity index is 1400. The van der Waals surface area contributed by atoms with Crippen LogP contribution in [0, 0.1) is 11.8 Å². The van der Waals surface area contributed by atoms with Crippen molar-refractivity contribution in [2.75, 3.05) is 19.6 Å². The van der Waals surface area contributed by atoms with Crippen LogP contribution in [-0.4, -0.2) is 80.3 Å². The van der Waals surface area contributed by atoms with Crippen molar-refractivity contribution in [3.8, 4) is 5.69 Å². The lowest BCUT2D eigenvalue weighted by molar-refractivity contribution is -0.146. The highest BCUT2D eigenvalue weighted by Gasteiger charge is 2.44. The number of para-hydroxylation sites is 1. The number of nitrogens with one attached hydrogen (secondary N) is 2. The molecule has 220 valence electrons. The Labute approximate surface area is 246 Å². The van der Waals surface area contributed by atoms with Gasteiger partial charge in [0, 0.05) is 45.1 Å². The highest BCUT2D eigenvalue weighted by molar-refractivity contribution is 5.92. The molecule has 3 aromatic rings. The van der Waals surface area contributed by atoms with Gasteiger partial charge in [0.2, 0.25) is 17.7 Å². The maximum atomic E-state index is 14.2. The first-order valence-electron chi connectivity index (χ1n) is 15.1. The van der Waals surface area contributed by atoms with E-state index >= 15 is 0 Å². The molecule has 1 aromatic heterocycles. The summed E-state index contributed by atoms with van der Waals surface area (Å²) in [6.07, 6.45) is 5.22. The fraction of sp³-hybridized carbons (Fsp3) is 0.469. The summed E-state index contributed by atoms with van der Waals surface area (Å²) in [5, 5.41) is 14.6. The number of benzene rings is 2. The zero-order valence-electron chi connectivity index (χ0n) is 24.1. The van der Waals surface area contributed by atoms with Gasteiger partial charge in [0.25, 0.3) is 0 Å². The van der Waals surface area contributed by atoms with Crippen LogP contribution in [0.2, 0.25) is 0 Å². The molecule has 3 aliphatic heterocycles. The Hall–Kier alpha value is -4.05. The average Bonchev–Trinajstić information content (AvgIpc) is 3.46. The first kappa shape index (κ1) is 28.1. The molecule has 3 aliphatic rings. The van der Waals surface area contributed by atoms with Gasteiger partial charge in [-0.3, -0.25) is 19.3 Å². The van der Waals surface area contributed by atoms with E-state index in [-0.39, 0.29) is 29.7 Å². The van der Waals surface area contributed by atoms with Crippen LogP contribution in [0.1, 0.15) is 43.9 Å². The van der Waals surface area contributed by atoms with Gasteiger partial charge in [-0.1, -0.05) is 53.7 Å². The number of rotatable bonds is 5. The summed E-state index contributed by atoms with van der Waals surface area (Å²) in [5.74, 6) is 0.128. The third-order valence-electron chi connectivity index (χ3n) is 8.85. The van der Waals surface area contributed by atoms with Gasteiger partial charge in [0.1, 0.15) is 12.1 Å². The molecule has 0 aliphatic carbocycles. The van der Waals surface area contributed by atoms with Crippen molar-refractivity contribution in [2.24, 2.45) is 11.8 Å². The maximum absolute atomic E-state index is 14.2. The summed E-state index contributed by atoms with van der Waals surface area (Å²) >= 11 is 0. The number of hydrogen-bond acceptors (Lipinski definition) is 6. The Morgan fingerprint density at radius 1 is 0.929 bits per heavy atom. The van der Waals surface area contributed by atoms with Crippen molar-refractivity contribution < 1.29 is 14.4 Å². The molecule has 0 saturated carbocycles. The molecule has 3 amide bonds. The molecule has 0 radical (unpaired) electrons. The summed E-state index contributed by atoms with van der Waals surface area (Å²) in [6.45, 7) is 4.75. The Kier molecular flexibility index (Phi) is 8.32. The molecule has 0 spiro atoms. The summed E-state index contributed by atoms with van der Waals surface area (Å²) < 4.78 is 1.81. The van der Waals surface area contributed by atoms with Gasteiger partial charge in [-0.05, 0) is 55.7 Å². The van der Waals surface area contributed by atoms with Crippen LogP contribution < -0.4 is 10.6 Å². The van der Waals surface area contributed by atoms with E-state index < -0.39 is 12.1 Å². The van der Waals surface area contributed by atoms with Crippen LogP contribution in [0.4, 0.5) is 0 Å². The van der Waals surface area contributed by atoms with Crippen molar-refractivity contribution >= 4 is 17.7 Å². The molecule has 10 heteroatoms. The number of carbonyl (C=O) groups excluding carboxylic acids is 3. The molecule has 3 fully saturated rings. The molecule has 6 rings (SSSR count). The van der Waals surface area contributed by atoms with Gasteiger partial charge < -0.3 is 15.5 Å². The number of likely N-dealkylation sites (tertiary alicyclic amines) is 1. The molecule has 2 bridgehead atoms. The first-order valence-corrected chi connectivity index (χ1v) is 15.1. The van der Waals surface area contributed by atoms with Crippen LogP contribution in [0.15, 0.2) is 66.9 Å². The van der Waals surface area contributed by atoms with E-state index in [1.54, 1.807) is 11.6 Å². The molecule has 2 N–H and O–H groups in total. The quantitative estimate of drug-likeness (QED) is 0.488. The number of fused-ring (bicyclic) bond motifs is 4. The van der Waals surface area contributed by atoms with Gasteiger partial charge in [-0.25, -0.2) is 4.68 Å². The average molecular weight is 570 g/mol. The highest BCUT2D eigenvalue weighted by atomic mass is 16.2. The minimum Gasteiger partial charge on any atom is -0.345 e. The van der Waals surface area contributed by atoms with Crippen LogP contribution in [-0.2, 0) is 27.3 Å². The normalized spacial score (nSPS) is 27.3. The van der Waals surface area contributed by atoms with Crippen LogP contribution in [0.3, 0.4) is 0 Å². The van der Waals surface area contributed by atoms with E-state index in [9.17, 15) is 14.4 Å². The lowest BCUT2D eigenvalue weighted by Gasteiger charge is -2.51. The summed E-state index contributed by atoms with van der Waals surface area (Å²) in [6, 6.07) is 18.4. The van der Waals surface area contributed by atoms with Gasteiger partial charge in [0.05, 0.1) is 17.6 Å². The first-order chi connectivity index (χ1) is 20.4. The van der Waals surface area contributed by atoms with Crippen molar-refractivity contribution in [1.29, 1.82) is 0 Å². The van der Waals surface area contributed by atoms with E-state index in [1.165, 1.54) is 0 Å². The summed E-state index contributed by atoms with van der Waals surface area (Å²) in [4.78, 5) is 44.4.